The number of aliphatic hydroxyl groups excluding tert-OH is 1. The lowest BCUT2D eigenvalue weighted by atomic mass is 10.5. The molecule has 3 nitrogen and oxygen atoms in total. The smallest absolute Gasteiger partial charge is 0.0685 e. The number of aromatic nitrogens is 2. The summed E-state index contributed by atoms with van der Waals surface area (Å²) in [4.78, 5) is 8.07. The standard InChI is InChI=1S/C8H12N2OS/c1-7(5-11)12-6-8-4-9-2-3-10-8/h2-4,7,11H,5-6H2,1H3. The highest BCUT2D eigenvalue weighted by Crippen LogP contribution is 2.14. The van der Waals surface area contributed by atoms with Gasteiger partial charge in [0.1, 0.15) is 0 Å². The van der Waals surface area contributed by atoms with Gasteiger partial charge in [0.25, 0.3) is 0 Å². The molecule has 1 aromatic heterocycles. The maximum Gasteiger partial charge on any atom is 0.0685 e. The molecule has 0 saturated carbocycles. The quantitative estimate of drug-likeness (QED) is 0.761. The van der Waals surface area contributed by atoms with E-state index in [1.54, 1.807) is 30.4 Å². The topological polar surface area (TPSA) is 46.0 Å². The molecule has 0 aliphatic carbocycles. The van der Waals surface area contributed by atoms with Crippen LogP contribution in [0, 0.1) is 0 Å². The first kappa shape index (κ1) is 9.48. The van der Waals surface area contributed by atoms with E-state index in [-0.39, 0.29) is 11.9 Å². The van der Waals surface area contributed by atoms with Crippen LogP contribution in [0.2, 0.25) is 0 Å². The lowest BCUT2D eigenvalue weighted by molar-refractivity contribution is 0.300. The third-order valence-corrected chi connectivity index (χ3v) is 2.57. The highest BCUT2D eigenvalue weighted by atomic mass is 32.2. The Morgan fingerprint density at radius 1 is 1.58 bits per heavy atom. The Morgan fingerprint density at radius 3 is 3.00 bits per heavy atom. The maximum absolute atomic E-state index is 8.76. The minimum atomic E-state index is 0.213. The summed E-state index contributed by atoms with van der Waals surface area (Å²) in [6.07, 6.45) is 5.08. The molecule has 12 heavy (non-hydrogen) atoms. The van der Waals surface area contributed by atoms with Crippen molar-refractivity contribution in [2.75, 3.05) is 6.61 Å². The molecule has 0 aromatic carbocycles. The highest BCUT2D eigenvalue weighted by molar-refractivity contribution is 7.99. The van der Waals surface area contributed by atoms with Gasteiger partial charge in [0, 0.05) is 29.6 Å². The van der Waals surface area contributed by atoms with Crippen LogP contribution in [0.15, 0.2) is 18.6 Å². The molecule has 0 fully saturated rings. The molecule has 0 bridgehead atoms. The second-order valence-electron chi connectivity index (χ2n) is 2.50. The van der Waals surface area contributed by atoms with E-state index in [4.69, 9.17) is 5.11 Å². The molecular weight excluding hydrogens is 172 g/mol. The predicted octanol–water partition coefficient (Wildman–Crippen LogP) is 1.09. The van der Waals surface area contributed by atoms with E-state index >= 15 is 0 Å². The summed E-state index contributed by atoms with van der Waals surface area (Å²) in [6, 6.07) is 0. The molecule has 0 amide bonds. The molecule has 0 aliphatic rings. The third kappa shape index (κ3) is 3.19. The molecule has 1 aromatic rings. The van der Waals surface area contributed by atoms with Gasteiger partial charge in [-0.2, -0.15) is 0 Å². The van der Waals surface area contributed by atoms with Crippen molar-refractivity contribution < 1.29 is 5.11 Å². The average Bonchev–Trinajstić information content (AvgIpc) is 2.16. The molecule has 1 N–H and O–H groups in total. The summed E-state index contributed by atoms with van der Waals surface area (Å²) in [6.45, 7) is 2.20. The second kappa shape index (κ2) is 5.11. The zero-order chi connectivity index (χ0) is 8.81. The van der Waals surface area contributed by atoms with Crippen molar-refractivity contribution in [1.29, 1.82) is 0 Å². The number of nitrogens with zero attached hydrogens (tertiary/aromatic N) is 2. The van der Waals surface area contributed by atoms with E-state index in [0.717, 1.165) is 11.4 Å². The first-order chi connectivity index (χ1) is 5.83. The monoisotopic (exact) mass is 184 g/mol. The fraction of sp³-hybridized carbons (Fsp3) is 0.500. The van der Waals surface area contributed by atoms with Crippen LogP contribution >= 0.6 is 11.8 Å². The van der Waals surface area contributed by atoms with Gasteiger partial charge in [-0.3, -0.25) is 9.97 Å². The summed E-state index contributed by atoms with van der Waals surface area (Å²) in [5, 5.41) is 9.03. The SMILES string of the molecule is CC(CO)SCc1cnccn1. The lowest BCUT2D eigenvalue weighted by Crippen LogP contribution is -2.02. The van der Waals surface area contributed by atoms with Gasteiger partial charge >= 0.3 is 0 Å². The summed E-state index contributed by atoms with van der Waals surface area (Å²) >= 11 is 1.68. The minimum Gasteiger partial charge on any atom is -0.395 e. The van der Waals surface area contributed by atoms with Crippen molar-refractivity contribution in [3.8, 4) is 0 Å². The maximum atomic E-state index is 8.76. The summed E-state index contributed by atoms with van der Waals surface area (Å²) < 4.78 is 0. The molecule has 0 spiro atoms. The van der Waals surface area contributed by atoms with E-state index in [0.29, 0.717) is 0 Å². The van der Waals surface area contributed by atoms with E-state index < -0.39 is 0 Å². The second-order valence-corrected chi connectivity index (χ2v) is 3.93. The molecule has 4 heteroatoms. The van der Waals surface area contributed by atoms with Crippen molar-refractivity contribution in [3.05, 3.63) is 24.3 Å². The first-order valence-electron chi connectivity index (χ1n) is 3.80. The fourth-order valence-electron chi connectivity index (χ4n) is 0.685. The predicted molar refractivity (Wildman–Crippen MR) is 49.9 cm³/mol. The summed E-state index contributed by atoms with van der Waals surface area (Å²) in [5.41, 5.74) is 0.961. The van der Waals surface area contributed by atoms with Crippen molar-refractivity contribution in [2.24, 2.45) is 0 Å². The molecule has 0 saturated heterocycles. The first-order valence-corrected chi connectivity index (χ1v) is 4.85. The molecule has 1 unspecified atom stereocenters. The van der Waals surface area contributed by atoms with E-state index in [2.05, 4.69) is 9.97 Å². The Hall–Kier alpha value is -0.610. The molecular formula is C8H12N2OS. The Kier molecular flexibility index (Phi) is 4.04. The molecule has 66 valence electrons. The molecule has 0 radical (unpaired) electrons. The van der Waals surface area contributed by atoms with Gasteiger partial charge in [0.2, 0.25) is 0 Å². The Bertz CT molecular complexity index is 218. The van der Waals surface area contributed by atoms with Gasteiger partial charge in [0.05, 0.1) is 12.3 Å². The van der Waals surface area contributed by atoms with Gasteiger partial charge in [-0.05, 0) is 0 Å². The zero-order valence-corrected chi connectivity index (χ0v) is 7.79. The van der Waals surface area contributed by atoms with Gasteiger partial charge in [-0.25, -0.2) is 0 Å². The largest absolute Gasteiger partial charge is 0.395 e. The van der Waals surface area contributed by atoms with E-state index in [9.17, 15) is 0 Å². The van der Waals surface area contributed by atoms with Crippen LogP contribution in [0.5, 0.6) is 0 Å². The normalized spacial score (nSPS) is 12.8. The summed E-state index contributed by atoms with van der Waals surface area (Å²) in [5.74, 6) is 0.815. The van der Waals surface area contributed by atoms with Crippen LogP contribution in [-0.4, -0.2) is 26.9 Å². The molecule has 1 heterocycles. The van der Waals surface area contributed by atoms with Gasteiger partial charge in [-0.15, -0.1) is 11.8 Å². The fourth-order valence-corrected chi connectivity index (χ4v) is 1.39. The van der Waals surface area contributed by atoms with Gasteiger partial charge < -0.3 is 5.11 Å². The van der Waals surface area contributed by atoms with Crippen LogP contribution in [-0.2, 0) is 5.75 Å². The third-order valence-electron chi connectivity index (χ3n) is 1.39. The Balaban J connectivity index is 2.33. The van der Waals surface area contributed by atoms with Crippen LogP contribution in [0.1, 0.15) is 12.6 Å². The molecule has 0 aliphatic heterocycles. The van der Waals surface area contributed by atoms with Crippen LogP contribution in [0.25, 0.3) is 0 Å². The molecule has 1 atom stereocenters. The van der Waals surface area contributed by atoms with Crippen LogP contribution < -0.4 is 0 Å². The van der Waals surface area contributed by atoms with Crippen molar-refractivity contribution in [1.82, 2.24) is 9.97 Å². The Labute approximate surface area is 76.2 Å². The highest BCUT2D eigenvalue weighted by Gasteiger charge is 2.00. The van der Waals surface area contributed by atoms with Crippen molar-refractivity contribution >= 4 is 11.8 Å². The number of hydrogen-bond acceptors (Lipinski definition) is 4. The summed E-state index contributed by atoms with van der Waals surface area (Å²) in [7, 11) is 0. The average molecular weight is 184 g/mol. The minimum absolute atomic E-state index is 0.213. The van der Waals surface area contributed by atoms with Gasteiger partial charge in [-0.1, -0.05) is 6.92 Å². The number of aliphatic hydroxyl groups is 1. The number of rotatable bonds is 4. The van der Waals surface area contributed by atoms with E-state index in [1.807, 2.05) is 6.92 Å². The molecule has 1 rings (SSSR count). The van der Waals surface area contributed by atoms with Crippen molar-refractivity contribution in [2.45, 2.75) is 17.9 Å². The van der Waals surface area contributed by atoms with Crippen molar-refractivity contribution in [3.63, 3.8) is 0 Å². The number of hydrogen-bond donors (Lipinski definition) is 1. The lowest BCUT2D eigenvalue weighted by Gasteiger charge is -2.05. The van der Waals surface area contributed by atoms with Crippen LogP contribution in [0.4, 0.5) is 0 Å². The number of thioether (sulfide) groups is 1. The van der Waals surface area contributed by atoms with Gasteiger partial charge in [0.15, 0.2) is 0 Å². The van der Waals surface area contributed by atoms with Crippen LogP contribution in [0.3, 0.4) is 0 Å². The zero-order valence-electron chi connectivity index (χ0n) is 6.97. The Morgan fingerprint density at radius 2 is 2.42 bits per heavy atom. The van der Waals surface area contributed by atoms with E-state index in [1.165, 1.54) is 0 Å².